The van der Waals surface area contributed by atoms with Crippen molar-refractivity contribution in [2.45, 2.75) is 64.9 Å². The number of hydrogen-bond donors (Lipinski definition) is 2. The lowest BCUT2D eigenvalue weighted by Gasteiger charge is -2.41. The fourth-order valence-corrected chi connectivity index (χ4v) is 5.69. The van der Waals surface area contributed by atoms with E-state index in [1.165, 1.54) is 0 Å². The van der Waals surface area contributed by atoms with Crippen LogP contribution in [0.2, 0.25) is 0 Å². The fourth-order valence-electron chi connectivity index (χ4n) is 3.83. The molecule has 1 atom stereocenters. The molecule has 1 heterocycles. The summed E-state index contributed by atoms with van der Waals surface area (Å²) in [4.78, 5) is 12.0. The van der Waals surface area contributed by atoms with Gasteiger partial charge in [0.25, 0.3) is 0 Å². The first-order valence-corrected chi connectivity index (χ1v) is 10.5. The second-order valence-electron chi connectivity index (χ2n) is 8.61. The second kappa shape index (κ2) is 6.71. The Morgan fingerprint density at radius 2 is 1.83 bits per heavy atom. The molecule has 134 valence electrons. The number of nitrogens with one attached hydrogen (secondary N) is 1. The third kappa shape index (κ3) is 5.45. The molecule has 0 aromatic heterocycles. The van der Waals surface area contributed by atoms with Crippen LogP contribution in [0.25, 0.3) is 0 Å². The molecule has 2 N–H and O–H groups in total. The van der Waals surface area contributed by atoms with Crippen molar-refractivity contribution in [3.8, 4) is 0 Å². The molecule has 6 heteroatoms. The zero-order valence-corrected chi connectivity index (χ0v) is 15.4. The minimum atomic E-state index is -2.94. The summed E-state index contributed by atoms with van der Waals surface area (Å²) < 4.78 is 22.8. The van der Waals surface area contributed by atoms with E-state index in [1.807, 2.05) is 0 Å². The van der Waals surface area contributed by atoms with Gasteiger partial charge in [0, 0.05) is 13.0 Å². The highest BCUT2D eigenvalue weighted by Gasteiger charge is 2.37. The summed E-state index contributed by atoms with van der Waals surface area (Å²) in [6, 6.07) is 0. The van der Waals surface area contributed by atoms with E-state index in [-0.39, 0.29) is 41.7 Å². The highest BCUT2D eigenvalue weighted by Crippen LogP contribution is 2.41. The standard InChI is InChI=1S/C17H31NO4S/c1-16(2,3)14-4-7-17(20,8-5-14)12-18-15(19)10-13-6-9-23(21,22)11-13/h13-14,20H,4-12H2,1-3H3,(H,18,19)/t13-,14?,17?/m0/s1. The zero-order valence-electron chi connectivity index (χ0n) is 14.6. The summed E-state index contributed by atoms with van der Waals surface area (Å²) in [5.41, 5.74) is -0.544. The van der Waals surface area contributed by atoms with Crippen LogP contribution in [0.4, 0.5) is 0 Å². The lowest BCUT2D eigenvalue weighted by atomic mass is 9.68. The van der Waals surface area contributed by atoms with Crippen molar-refractivity contribution in [1.29, 1.82) is 0 Å². The van der Waals surface area contributed by atoms with Gasteiger partial charge in [0.1, 0.15) is 0 Å². The first kappa shape index (κ1) is 18.7. The van der Waals surface area contributed by atoms with Gasteiger partial charge in [0.05, 0.1) is 17.1 Å². The van der Waals surface area contributed by atoms with Gasteiger partial charge in [-0.1, -0.05) is 20.8 Å². The molecule has 5 nitrogen and oxygen atoms in total. The second-order valence-corrected chi connectivity index (χ2v) is 10.8. The van der Waals surface area contributed by atoms with Crippen LogP contribution in [0.1, 0.15) is 59.3 Å². The van der Waals surface area contributed by atoms with Gasteiger partial charge in [-0.15, -0.1) is 0 Å². The van der Waals surface area contributed by atoms with Crippen molar-refractivity contribution < 1.29 is 18.3 Å². The molecule has 0 spiro atoms. The van der Waals surface area contributed by atoms with Crippen LogP contribution in [0, 0.1) is 17.3 Å². The lowest BCUT2D eigenvalue weighted by molar-refractivity contribution is -0.123. The van der Waals surface area contributed by atoms with E-state index >= 15 is 0 Å². The molecule has 2 fully saturated rings. The summed E-state index contributed by atoms with van der Waals surface area (Å²) in [6.07, 6.45) is 4.22. The van der Waals surface area contributed by atoms with E-state index in [2.05, 4.69) is 26.1 Å². The largest absolute Gasteiger partial charge is 0.388 e. The average molecular weight is 346 g/mol. The van der Waals surface area contributed by atoms with E-state index in [1.54, 1.807) is 0 Å². The van der Waals surface area contributed by atoms with E-state index in [9.17, 15) is 18.3 Å². The van der Waals surface area contributed by atoms with Crippen molar-refractivity contribution >= 4 is 15.7 Å². The maximum atomic E-state index is 12.0. The van der Waals surface area contributed by atoms with E-state index < -0.39 is 15.4 Å². The first-order chi connectivity index (χ1) is 10.5. The molecular formula is C17H31NO4S. The van der Waals surface area contributed by atoms with Crippen LogP contribution in [-0.2, 0) is 14.6 Å². The maximum Gasteiger partial charge on any atom is 0.220 e. The quantitative estimate of drug-likeness (QED) is 0.815. The Kier molecular flexibility index (Phi) is 5.46. The monoisotopic (exact) mass is 345 g/mol. The third-order valence-corrected chi connectivity index (χ3v) is 7.39. The molecular weight excluding hydrogens is 314 g/mol. The van der Waals surface area contributed by atoms with Gasteiger partial charge in [-0.25, -0.2) is 8.42 Å². The van der Waals surface area contributed by atoms with Crippen molar-refractivity contribution in [2.24, 2.45) is 17.3 Å². The lowest BCUT2D eigenvalue weighted by Crippen LogP contribution is -2.46. The summed E-state index contributed by atoms with van der Waals surface area (Å²) in [5.74, 6) is 0.730. The smallest absolute Gasteiger partial charge is 0.220 e. The summed E-state index contributed by atoms with van der Waals surface area (Å²) in [5, 5.41) is 13.5. The first-order valence-electron chi connectivity index (χ1n) is 8.69. The molecule has 2 rings (SSSR count). The number of rotatable bonds is 4. The van der Waals surface area contributed by atoms with E-state index in [4.69, 9.17) is 0 Å². The van der Waals surface area contributed by atoms with Gasteiger partial charge in [-0.2, -0.15) is 0 Å². The number of amides is 1. The maximum absolute atomic E-state index is 12.0. The number of carbonyl (C=O) groups excluding carboxylic acids is 1. The zero-order chi connectivity index (χ0) is 17.3. The van der Waals surface area contributed by atoms with Crippen LogP contribution in [-0.4, -0.2) is 43.1 Å². The van der Waals surface area contributed by atoms with Crippen LogP contribution >= 0.6 is 0 Å². The van der Waals surface area contributed by atoms with Crippen molar-refractivity contribution in [3.05, 3.63) is 0 Å². The number of hydrogen-bond acceptors (Lipinski definition) is 4. The fraction of sp³-hybridized carbons (Fsp3) is 0.941. The molecule has 0 aromatic carbocycles. The number of aliphatic hydroxyl groups is 1. The third-order valence-electron chi connectivity index (χ3n) is 5.56. The van der Waals surface area contributed by atoms with E-state index in [0.29, 0.717) is 25.2 Å². The van der Waals surface area contributed by atoms with E-state index in [0.717, 1.165) is 12.8 Å². The minimum Gasteiger partial charge on any atom is -0.388 e. The highest BCUT2D eigenvalue weighted by molar-refractivity contribution is 7.91. The Labute approximate surface area is 140 Å². The Morgan fingerprint density at radius 1 is 1.22 bits per heavy atom. The normalized spacial score (nSPS) is 34.3. The van der Waals surface area contributed by atoms with Gasteiger partial charge in [0.2, 0.25) is 5.91 Å². The average Bonchev–Trinajstić information content (AvgIpc) is 2.75. The molecule has 1 amide bonds. The molecule has 1 aliphatic carbocycles. The van der Waals surface area contributed by atoms with Gasteiger partial charge in [0.15, 0.2) is 9.84 Å². The van der Waals surface area contributed by atoms with Crippen LogP contribution in [0.5, 0.6) is 0 Å². The molecule has 0 aromatic rings. The molecule has 0 unspecified atom stereocenters. The van der Waals surface area contributed by atoms with Gasteiger partial charge in [-0.3, -0.25) is 4.79 Å². The minimum absolute atomic E-state index is 0.0636. The topological polar surface area (TPSA) is 83.5 Å². The van der Waals surface area contributed by atoms with Crippen LogP contribution in [0.15, 0.2) is 0 Å². The Hall–Kier alpha value is -0.620. The SMILES string of the molecule is CC(C)(C)C1CCC(O)(CNC(=O)C[C@@H]2CCS(=O)(=O)C2)CC1. The van der Waals surface area contributed by atoms with Crippen LogP contribution in [0.3, 0.4) is 0 Å². The number of sulfone groups is 1. The van der Waals surface area contributed by atoms with Gasteiger partial charge < -0.3 is 10.4 Å². The Bertz CT molecular complexity index is 527. The van der Waals surface area contributed by atoms with Crippen molar-refractivity contribution in [2.75, 3.05) is 18.1 Å². The van der Waals surface area contributed by atoms with Gasteiger partial charge in [-0.05, 0) is 49.4 Å². The van der Waals surface area contributed by atoms with Crippen LogP contribution < -0.4 is 5.32 Å². The molecule has 1 aliphatic heterocycles. The molecule has 1 saturated heterocycles. The summed E-state index contributed by atoms with van der Waals surface area (Å²) in [6.45, 7) is 6.99. The predicted octanol–water partition coefficient (Wildman–Crippen LogP) is 1.89. The number of carbonyl (C=O) groups is 1. The Morgan fingerprint density at radius 3 is 2.30 bits per heavy atom. The Balaban J connectivity index is 1.74. The molecule has 1 saturated carbocycles. The molecule has 0 bridgehead atoms. The highest BCUT2D eigenvalue weighted by atomic mass is 32.2. The summed E-state index contributed by atoms with van der Waals surface area (Å²) in [7, 11) is -2.94. The molecule has 0 radical (unpaired) electrons. The predicted molar refractivity (Wildman–Crippen MR) is 90.8 cm³/mol. The molecule has 2 aliphatic rings. The van der Waals surface area contributed by atoms with Crippen molar-refractivity contribution in [1.82, 2.24) is 5.32 Å². The molecule has 23 heavy (non-hydrogen) atoms. The van der Waals surface area contributed by atoms with Crippen molar-refractivity contribution in [3.63, 3.8) is 0 Å². The van der Waals surface area contributed by atoms with Gasteiger partial charge >= 0.3 is 0 Å². The summed E-state index contributed by atoms with van der Waals surface area (Å²) >= 11 is 0.